The lowest BCUT2D eigenvalue weighted by Gasteiger charge is -2.09. The van der Waals surface area contributed by atoms with E-state index in [1.54, 1.807) is 12.1 Å². The van der Waals surface area contributed by atoms with Gasteiger partial charge in [-0.05, 0) is 18.6 Å². The normalized spacial score (nSPS) is 10.6. The Balaban J connectivity index is 1.97. The third kappa shape index (κ3) is 4.40. The summed E-state index contributed by atoms with van der Waals surface area (Å²) in [6.45, 7) is 2.29. The van der Waals surface area contributed by atoms with Crippen molar-refractivity contribution in [3.8, 4) is 22.5 Å². The number of benzene rings is 2. The number of non-ortho nitro benzene ring substituents is 1. The minimum Gasteiger partial charge on any atom is -0.464 e. The first-order valence-electron chi connectivity index (χ1n) is 8.99. The van der Waals surface area contributed by atoms with Gasteiger partial charge in [-0.15, -0.1) is 5.10 Å². The number of ether oxygens (including phenoxy) is 1. The number of esters is 1. The average Bonchev–Trinajstić information content (AvgIpc) is 3.12. The number of hydrogen-bond donors (Lipinski definition) is 0. The third-order valence-electron chi connectivity index (χ3n) is 4.17. The molecule has 0 aliphatic rings. The van der Waals surface area contributed by atoms with E-state index in [1.165, 1.54) is 16.8 Å². The number of carbonyl (C=O) groups is 1. The van der Waals surface area contributed by atoms with Gasteiger partial charge in [0.2, 0.25) is 0 Å². The van der Waals surface area contributed by atoms with E-state index in [1.807, 2.05) is 37.3 Å². The predicted molar refractivity (Wildman–Crippen MR) is 103 cm³/mol. The maximum absolute atomic E-state index is 12.2. The summed E-state index contributed by atoms with van der Waals surface area (Å²) in [4.78, 5) is 22.6. The molecule has 28 heavy (non-hydrogen) atoms. The van der Waals surface area contributed by atoms with Gasteiger partial charge in [-0.25, -0.2) is 4.68 Å². The van der Waals surface area contributed by atoms with Crippen molar-refractivity contribution < 1.29 is 14.5 Å². The van der Waals surface area contributed by atoms with Gasteiger partial charge in [0.25, 0.3) is 5.69 Å². The van der Waals surface area contributed by atoms with Gasteiger partial charge >= 0.3 is 5.97 Å². The van der Waals surface area contributed by atoms with Crippen molar-refractivity contribution in [2.45, 2.75) is 26.3 Å². The quantitative estimate of drug-likeness (QED) is 0.255. The predicted octanol–water partition coefficient (Wildman–Crippen LogP) is 3.86. The van der Waals surface area contributed by atoms with Crippen molar-refractivity contribution in [1.29, 1.82) is 0 Å². The van der Waals surface area contributed by atoms with Crippen LogP contribution in [0, 0.1) is 10.1 Å². The Bertz CT molecular complexity index is 952. The van der Waals surface area contributed by atoms with E-state index in [0.717, 1.165) is 18.4 Å². The molecule has 144 valence electrons. The molecule has 3 rings (SSSR count). The van der Waals surface area contributed by atoms with Crippen molar-refractivity contribution in [1.82, 2.24) is 15.0 Å². The zero-order valence-electron chi connectivity index (χ0n) is 15.4. The number of nitro groups is 1. The number of unbranched alkanes of at least 4 members (excludes halogenated alkanes) is 1. The van der Waals surface area contributed by atoms with E-state index in [2.05, 4.69) is 10.3 Å². The van der Waals surface area contributed by atoms with Crippen molar-refractivity contribution in [2.24, 2.45) is 0 Å². The SMILES string of the molecule is CCCCOC(=O)Cn1nnc(-c2ccccc2)c1-c1ccc([N+](=O)[O-])cc1. The lowest BCUT2D eigenvalue weighted by atomic mass is 10.0. The molecule has 2 aromatic carbocycles. The first-order valence-corrected chi connectivity index (χ1v) is 8.99. The highest BCUT2D eigenvalue weighted by Crippen LogP contribution is 2.31. The second kappa shape index (κ2) is 8.90. The molecule has 3 aromatic rings. The lowest BCUT2D eigenvalue weighted by molar-refractivity contribution is -0.384. The smallest absolute Gasteiger partial charge is 0.327 e. The molecule has 8 nitrogen and oxygen atoms in total. The Morgan fingerprint density at radius 1 is 1.11 bits per heavy atom. The minimum absolute atomic E-state index is 0.0111. The number of hydrogen-bond acceptors (Lipinski definition) is 6. The fraction of sp³-hybridized carbons (Fsp3) is 0.250. The van der Waals surface area contributed by atoms with Crippen molar-refractivity contribution in [3.63, 3.8) is 0 Å². The number of carbonyl (C=O) groups excluding carboxylic acids is 1. The van der Waals surface area contributed by atoms with Crippen LogP contribution in [0.15, 0.2) is 54.6 Å². The molecule has 1 heterocycles. The summed E-state index contributed by atoms with van der Waals surface area (Å²) < 4.78 is 6.70. The van der Waals surface area contributed by atoms with Gasteiger partial charge in [-0.2, -0.15) is 0 Å². The zero-order valence-corrected chi connectivity index (χ0v) is 15.4. The molecule has 0 radical (unpaired) electrons. The summed E-state index contributed by atoms with van der Waals surface area (Å²) in [7, 11) is 0. The van der Waals surface area contributed by atoms with Crippen LogP contribution in [0.3, 0.4) is 0 Å². The molecule has 0 unspecified atom stereocenters. The first kappa shape index (κ1) is 19.2. The summed E-state index contributed by atoms with van der Waals surface area (Å²) in [6, 6.07) is 15.5. The highest BCUT2D eigenvalue weighted by Gasteiger charge is 2.19. The topological polar surface area (TPSA) is 100 Å². The van der Waals surface area contributed by atoms with E-state index in [4.69, 9.17) is 4.74 Å². The van der Waals surface area contributed by atoms with E-state index < -0.39 is 10.9 Å². The summed E-state index contributed by atoms with van der Waals surface area (Å²) >= 11 is 0. The van der Waals surface area contributed by atoms with Gasteiger partial charge in [0, 0.05) is 23.3 Å². The molecule has 8 heteroatoms. The second-order valence-corrected chi connectivity index (χ2v) is 6.19. The van der Waals surface area contributed by atoms with Crippen LogP contribution in [0.25, 0.3) is 22.5 Å². The van der Waals surface area contributed by atoms with Gasteiger partial charge in [-0.1, -0.05) is 48.9 Å². The Kier molecular flexibility index (Phi) is 6.11. The van der Waals surface area contributed by atoms with Gasteiger partial charge in [0.05, 0.1) is 17.2 Å². The number of rotatable bonds is 8. The Morgan fingerprint density at radius 2 is 1.82 bits per heavy atom. The minimum atomic E-state index is -0.456. The first-order chi connectivity index (χ1) is 13.6. The van der Waals surface area contributed by atoms with Crippen LogP contribution >= 0.6 is 0 Å². The van der Waals surface area contributed by atoms with Crippen molar-refractivity contribution in [2.75, 3.05) is 6.61 Å². The molecular weight excluding hydrogens is 360 g/mol. The fourth-order valence-corrected chi connectivity index (χ4v) is 2.74. The molecule has 1 aromatic heterocycles. The van der Waals surface area contributed by atoms with Gasteiger partial charge in [0.15, 0.2) is 0 Å². The molecule has 0 saturated heterocycles. The van der Waals surface area contributed by atoms with E-state index >= 15 is 0 Å². The summed E-state index contributed by atoms with van der Waals surface area (Å²) in [5, 5.41) is 19.3. The van der Waals surface area contributed by atoms with Crippen molar-refractivity contribution >= 4 is 11.7 Å². The lowest BCUT2D eigenvalue weighted by Crippen LogP contribution is -2.16. The average molecular weight is 380 g/mol. The highest BCUT2D eigenvalue weighted by atomic mass is 16.6. The molecule has 0 aliphatic carbocycles. The molecule has 0 N–H and O–H groups in total. The molecule has 0 amide bonds. The van der Waals surface area contributed by atoms with Crippen molar-refractivity contribution in [3.05, 3.63) is 64.7 Å². The molecule has 0 saturated carbocycles. The highest BCUT2D eigenvalue weighted by molar-refractivity contribution is 5.79. The van der Waals surface area contributed by atoms with E-state index in [9.17, 15) is 14.9 Å². The number of aromatic nitrogens is 3. The molecule has 0 aliphatic heterocycles. The Labute approximate surface area is 161 Å². The van der Waals surface area contributed by atoms with Crippen LogP contribution in [0.1, 0.15) is 19.8 Å². The zero-order chi connectivity index (χ0) is 19.9. The van der Waals surface area contributed by atoms with Gasteiger partial charge in [0.1, 0.15) is 12.2 Å². The monoisotopic (exact) mass is 380 g/mol. The largest absolute Gasteiger partial charge is 0.464 e. The van der Waals surface area contributed by atoms with Gasteiger partial charge in [-0.3, -0.25) is 14.9 Å². The molecule has 0 fully saturated rings. The van der Waals surface area contributed by atoms with Crippen LogP contribution in [-0.4, -0.2) is 32.5 Å². The van der Waals surface area contributed by atoms with Crippen LogP contribution in [0.2, 0.25) is 0 Å². The number of nitrogens with zero attached hydrogens (tertiary/aromatic N) is 4. The molecular formula is C20H20N4O4. The van der Waals surface area contributed by atoms with Crippen LogP contribution in [-0.2, 0) is 16.1 Å². The standard InChI is InChI=1S/C20H20N4O4/c1-2-3-13-28-18(25)14-23-20(16-9-11-17(12-10-16)24(26)27)19(21-22-23)15-7-5-4-6-8-15/h4-12H,2-3,13-14H2,1H3. The van der Waals surface area contributed by atoms with Crippen LogP contribution in [0.5, 0.6) is 0 Å². The second-order valence-electron chi connectivity index (χ2n) is 6.19. The Hall–Kier alpha value is -3.55. The van der Waals surface area contributed by atoms with E-state index in [-0.39, 0.29) is 12.2 Å². The molecule has 0 atom stereocenters. The Morgan fingerprint density at radius 3 is 2.46 bits per heavy atom. The number of nitro benzene ring substituents is 1. The summed E-state index contributed by atoms with van der Waals surface area (Å²) in [5.74, 6) is -0.402. The third-order valence-corrected chi connectivity index (χ3v) is 4.17. The van der Waals surface area contributed by atoms with Gasteiger partial charge < -0.3 is 4.74 Å². The summed E-state index contributed by atoms with van der Waals surface area (Å²) in [6.07, 6.45) is 1.73. The fourth-order valence-electron chi connectivity index (χ4n) is 2.74. The molecule has 0 bridgehead atoms. The maximum atomic E-state index is 12.2. The van der Waals surface area contributed by atoms with E-state index in [0.29, 0.717) is 23.6 Å². The summed E-state index contributed by atoms with van der Waals surface area (Å²) in [5.41, 5.74) is 2.70. The maximum Gasteiger partial charge on any atom is 0.327 e. The van der Waals surface area contributed by atoms with Crippen LogP contribution in [0.4, 0.5) is 5.69 Å². The molecule has 0 spiro atoms. The van der Waals surface area contributed by atoms with Crippen LogP contribution < -0.4 is 0 Å².